The van der Waals surface area contributed by atoms with Crippen LogP contribution in [0, 0.1) is 0 Å². The highest BCUT2D eigenvalue weighted by Gasteiger charge is 2.36. The van der Waals surface area contributed by atoms with Crippen molar-refractivity contribution >= 4 is 14.3 Å². The first kappa shape index (κ1) is 26.0. The first-order chi connectivity index (χ1) is 15.1. The molecule has 0 aromatic heterocycles. The van der Waals surface area contributed by atoms with Crippen molar-refractivity contribution in [2.75, 3.05) is 13.2 Å². The Morgan fingerprint density at radius 3 is 2.39 bits per heavy atom. The Hall–Kier alpha value is -1.21. The molecule has 1 saturated carbocycles. The van der Waals surface area contributed by atoms with E-state index in [0.717, 1.165) is 18.4 Å². The first-order valence-electron chi connectivity index (χ1n) is 12.3. The number of rotatable bonds is 14. The molecule has 0 aliphatic heterocycles. The monoisotopic (exact) mass is 449 g/mol. The van der Waals surface area contributed by atoms with Gasteiger partial charge >= 0.3 is 5.97 Å². The SMILES string of the molecule is CCOC(=O)C[C@H](CN[C@@H]1CCCC[C@H]1O[Si](CC)(CC)CC)OCc1ccccc1. The van der Waals surface area contributed by atoms with Crippen LogP contribution in [0.5, 0.6) is 0 Å². The summed E-state index contributed by atoms with van der Waals surface area (Å²) in [6, 6.07) is 14.0. The summed E-state index contributed by atoms with van der Waals surface area (Å²) in [5, 5.41) is 3.71. The maximum Gasteiger partial charge on any atom is 0.308 e. The fraction of sp³-hybridized carbons (Fsp3) is 0.720. The van der Waals surface area contributed by atoms with Crippen LogP contribution in [0.4, 0.5) is 0 Å². The highest BCUT2D eigenvalue weighted by atomic mass is 28.4. The Labute approximate surface area is 190 Å². The van der Waals surface area contributed by atoms with Gasteiger partial charge < -0.3 is 19.2 Å². The van der Waals surface area contributed by atoms with Crippen molar-refractivity contribution in [3.05, 3.63) is 35.9 Å². The van der Waals surface area contributed by atoms with E-state index in [1.807, 2.05) is 37.3 Å². The third-order valence-corrected chi connectivity index (χ3v) is 11.3. The van der Waals surface area contributed by atoms with E-state index in [9.17, 15) is 4.79 Å². The van der Waals surface area contributed by atoms with E-state index < -0.39 is 8.32 Å². The molecule has 6 heteroatoms. The summed E-state index contributed by atoms with van der Waals surface area (Å²) in [6.07, 6.45) is 5.04. The minimum absolute atomic E-state index is 0.201. The molecule has 0 bridgehead atoms. The first-order valence-corrected chi connectivity index (χ1v) is 14.8. The quantitative estimate of drug-likeness (QED) is 0.302. The van der Waals surface area contributed by atoms with Crippen molar-refractivity contribution < 1.29 is 18.7 Å². The molecule has 31 heavy (non-hydrogen) atoms. The summed E-state index contributed by atoms with van der Waals surface area (Å²) in [4.78, 5) is 12.1. The van der Waals surface area contributed by atoms with Crippen LogP contribution in [-0.4, -0.2) is 45.7 Å². The second-order valence-electron chi connectivity index (χ2n) is 8.63. The molecule has 176 valence electrons. The zero-order chi connectivity index (χ0) is 22.5. The number of benzene rings is 1. The van der Waals surface area contributed by atoms with Crippen molar-refractivity contribution in [1.29, 1.82) is 0 Å². The lowest BCUT2D eigenvalue weighted by atomic mass is 9.92. The number of hydrogen-bond donors (Lipinski definition) is 1. The molecule has 1 fully saturated rings. The standard InChI is InChI=1S/C25H43NO4Si/c1-5-28-25(27)18-22(29-20-21-14-10-9-11-15-21)19-26-23-16-12-13-17-24(23)30-31(6-2,7-3)8-4/h9-11,14-15,22-24,26H,5-8,12-13,16-20H2,1-4H3/t22-,23-,24-/m1/s1. The molecule has 0 radical (unpaired) electrons. The van der Waals surface area contributed by atoms with Crippen molar-refractivity contribution in [1.82, 2.24) is 5.32 Å². The van der Waals surface area contributed by atoms with Gasteiger partial charge in [-0.3, -0.25) is 4.79 Å². The topological polar surface area (TPSA) is 56.8 Å². The Bertz CT molecular complexity index is 615. The molecule has 0 saturated heterocycles. The highest BCUT2D eigenvalue weighted by Crippen LogP contribution is 2.30. The molecule has 0 unspecified atom stereocenters. The van der Waals surface area contributed by atoms with E-state index in [1.54, 1.807) is 0 Å². The van der Waals surface area contributed by atoms with Gasteiger partial charge in [0.25, 0.3) is 0 Å². The molecule has 1 aromatic carbocycles. The van der Waals surface area contributed by atoms with Gasteiger partial charge in [0.2, 0.25) is 0 Å². The van der Waals surface area contributed by atoms with E-state index in [2.05, 4.69) is 26.1 Å². The van der Waals surface area contributed by atoms with Crippen LogP contribution < -0.4 is 5.32 Å². The Kier molecular flexibility index (Phi) is 11.8. The number of carbonyl (C=O) groups excluding carboxylic acids is 1. The minimum atomic E-state index is -1.64. The van der Waals surface area contributed by atoms with Crippen LogP contribution in [0.1, 0.15) is 65.4 Å². The van der Waals surface area contributed by atoms with Gasteiger partial charge in [0.05, 0.1) is 31.8 Å². The number of nitrogens with one attached hydrogen (secondary N) is 1. The Morgan fingerprint density at radius 1 is 1.06 bits per heavy atom. The van der Waals surface area contributed by atoms with Gasteiger partial charge in [-0.2, -0.15) is 0 Å². The van der Waals surface area contributed by atoms with Gasteiger partial charge in [0.15, 0.2) is 8.32 Å². The largest absolute Gasteiger partial charge is 0.466 e. The zero-order valence-electron chi connectivity index (χ0n) is 20.0. The lowest BCUT2D eigenvalue weighted by Crippen LogP contribution is -2.51. The van der Waals surface area contributed by atoms with Crippen molar-refractivity contribution in [2.24, 2.45) is 0 Å². The summed E-state index contributed by atoms with van der Waals surface area (Å²) in [5.41, 5.74) is 1.11. The number of carbonyl (C=O) groups is 1. The van der Waals surface area contributed by atoms with Gasteiger partial charge in [-0.25, -0.2) is 0 Å². The lowest BCUT2D eigenvalue weighted by Gasteiger charge is -2.40. The highest BCUT2D eigenvalue weighted by molar-refractivity contribution is 6.73. The fourth-order valence-electron chi connectivity index (χ4n) is 4.46. The predicted molar refractivity (Wildman–Crippen MR) is 129 cm³/mol. The van der Waals surface area contributed by atoms with E-state index in [-0.39, 0.29) is 24.6 Å². The average Bonchev–Trinajstić information content (AvgIpc) is 2.81. The Balaban J connectivity index is 1.98. The van der Waals surface area contributed by atoms with E-state index in [0.29, 0.717) is 25.8 Å². The van der Waals surface area contributed by atoms with Gasteiger partial charge in [0.1, 0.15) is 0 Å². The molecule has 3 atom stereocenters. The second-order valence-corrected chi connectivity index (χ2v) is 13.3. The molecule has 5 nitrogen and oxygen atoms in total. The predicted octanol–water partition coefficient (Wildman–Crippen LogP) is 5.45. The maximum atomic E-state index is 12.1. The van der Waals surface area contributed by atoms with E-state index in [4.69, 9.17) is 13.9 Å². The van der Waals surface area contributed by atoms with Gasteiger partial charge in [-0.05, 0) is 43.5 Å². The van der Waals surface area contributed by atoms with E-state index in [1.165, 1.54) is 31.0 Å². The smallest absolute Gasteiger partial charge is 0.308 e. The Morgan fingerprint density at radius 2 is 1.74 bits per heavy atom. The van der Waals surface area contributed by atoms with Crippen LogP contribution in [-0.2, 0) is 25.3 Å². The number of hydrogen-bond acceptors (Lipinski definition) is 5. The van der Waals surface area contributed by atoms with Crippen molar-refractivity contribution in [3.63, 3.8) is 0 Å². The molecule has 0 amide bonds. The average molecular weight is 450 g/mol. The van der Waals surface area contributed by atoms with Crippen molar-refractivity contribution in [3.8, 4) is 0 Å². The van der Waals surface area contributed by atoms with E-state index >= 15 is 0 Å². The fourth-order valence-corrected chi connectivity index (χ4v) is 7.38. The minimum Gasteiger partial charge on any atom is -0.466 e. The van der Waals surface area contributed by atoms with Gasteiger partial charge in [0, 0.05) is 12.6 Å². The van der Waals surface area contributed by atoms with Crippen LogP contribution in [0.2, 0.25) is 18.1 Å². The van der Waals surface area contributed by atoms with Gasteiger partial charge in [-0.1, -0.05) is 63.9 Å². The molecule has 1 aliphatic rings. The molecule has 2 rings (SSSR count). The zero-order valence-corrected chi connectivity index (χ0v) is 21.0. The third kappa shape index (κ3) is 8.68. The third-order valence-electron chi connectivity index (χ3n) is 6.67. The number of ether oxygens (including phenoxy) is 2. The maximum absolute atomic E-state index is 12.1. The van der Waals surface area contributed by atoms with Crippen LogP contribution >= 0.6 is 0 Å². The molecule has 1 aliphatic carbocycles. The van der Waals surface area contributed by atoms with Crippen LogP contribution in [0.15, 0.2) is 30.3 Å². The molecule has 1 aromatic rings. The van der Waals surface area contributed by atoms with Crippen LogP contribution in [0.25, 0.3) is 0 Å². The van der Waals surface area contributed by atoms with Crippen molar-refractivity contribution in [2.45, 2.75) is 103 Å². The molecule has 0 heterocycles. The summed E-state index contributed by atoms with van der Waals surface area (Å²) < 4.78 is 18.2. The number of esters is 1. The lowest BCUT2D eigenvalue weighted by molar-refractivity contribution is -0.146. The normalized spacial score (nSPS) is 20.4. The molecule has 0 spiro atoms. The molecular formula is C25H43NO4Si. The summed E-state index contributed by atoms with van der Waals surface area (Å²) in [7, 11) is -1.64. The molecule has 1 N–H and O–H groups in total. The summed E-state index contributed by atoms with van der Waals surface area (Å²) >= 11 is 0. The second kappa shape index (κ2) is 14.0. The summed E-state index contributed by atoms with van der Waals surface area (Å²) in [5.74, 6) is -0.201. The van der Waals surface area contributed by atoms with Gasteiger partial charge in [-0.15, -0.1) is 0 Å². The van der Waals surface area contributed by atoms with Crippen LogP contribution in [0.3, 0.4) is 0 Å². The summed E-state index contributed by atoms with van der Waals surface area (Å²) in [6.45, 7) is 10.2. The molecular weight excluding hydrogens is 406 g/mol.